The van der Waals surface area contributed by atoms with Gasteiger partial charge in [-0.15, -0.1) is 0 Å². The fourth-order valence-electron chi connectivity index (χ4n) is 3.14. The maximum absolute atomic E-state index is 12.4. The smallest absolute Gasteiger partial charge is 0.260 e. The van der Waals surface area contributed by atoms with Crippen molar-refractivity contribution in [2.75, 3.05) is 26.2 Å². The Hall–Kier alpha value is -2.05. The number of para-hydroxylation sites is 1. The Labute approximate surface area is 178 Å². The minimum Gasteiger partial charge on any atom is -0.484 e. The van der Waals surface area contributed by atoms with E-state index in [0.717, 1.165) is 17.3 Å². The molecule has 2 amide bonds. The number of ether oxygens (including phenoxy) is 1. The number of amides is 2. The Bertz CT molecular complexity index is 824. The lowest BCUT2D eigenvalue weighted by Crippen LogP contribution is -2.43. The van der Waals surface area contributed by atoms with Crippen molar-refractivity contribution >= 4 is 39.3 Å². The summed E-state index contributed by atoms with van der Waals surface area (Å²) in [5.74, 6) is 0.849. The molecule has 0 radical (unpaired) electrons. The van der Waals surface area contributed by atoms with Crippen LogP contribution < -0.4 is 10.1 Å². The monoisotopic (exact) mass is 464 g/mol. The van der Waals surface area contributed by atoms with Gasteiger partial charge in [0.2, 0.25) is 0 Å². The lowest BCUT2D eigenvalue weighted by atomic mass is 9.96. The second-order valence-corrected chi connectivity index (χ2v) is 8.08. The SMILES string of the molecule is O=C(NCC1CCN(C(=O)COc2ccccc2)CC1)c1cc(Br)ccc1Cl. The molecule has 2 aromatic carbocycles. The average molecular weight is 466 g/mol. The van der Waals surface area contributed by atoms with Crippen molar-refractivity contribution in [3.05, 3.63) is 63.6 Å². The quantitative estimate of drug-likeness (QED) is 0.697. The van der Waals surface area contributed by atoms with Crippen LogP contribution in [0.15, 0.2) is 53.0 Å². The van der Waals surface area contributed by atoms with Gasteiger partial charge in [0.1, 0.15) is 5.75 Å². The van der Waals surface area contributed by atoms with Crippen molar-refractivity contribution in [2.24, 2.45) is 5.92 Å². The number of halogens is 2. The normalized spacial score (nSPS) is 14.6. The first kappa shape index (κ1) is 20.7. The zero-order valence-corrected chi connectivity index (χ0v) is 17.7. The van der Waals surface area contributed by atoms with Crippen LogP contribution >= 0.6 is 27.5 Å². The summed E-state index contributed by atoms with van der Waals surface area (Å²) in [6.45, 7) is 1.97. The molecule has 2 aromatic rings. The molecular formula is C21H22BrClN2O3. The van der Waals surface area contributed by atoms with Gasteiger partial charge in [-0.2, -0.15) is 0 Å². The number of hydrogen-bond acceptors (Lipinski definition) is 3. The molecule has 3 rings (SSSR count). The minimum absolute atomic E-state index is 0.00717. The van der Waals surface area contributed by atoms with Crippen LogP contribution in [0, 0.1) is 5.92 Å². The summed E-state index contributed by atoms with van der Waals surface area (Å²) in [6.07, 6.45) is 1.70. The van der Waals surface area contributed by atoms with Crippen LogP contribution in [-0.2, 0) is 4.79 Å². The van der Waals surface area contributed by atoms with Crippen LogP contribution in [0.3, 0.4) is 0 Å². The fourth-order valence-corrected chi connectivity index (χ4v) is 3.71. The van der Waals surface area contributed by atoms with E-state index in [2.05, 4.69) is 21.2 Å². The van der Waals surface area contributed by atoms with Gasteiger partial charge >= 0.3 is 0 Å². The highest BCUT2D eigenvalue weighted by Crippen LogP contribution is 2.22. The van der Waals surface area contributed by atoms with Gasteiger partial charge in [0.25, 0.3) is 11.8 Å². The largest absolute Gasteiger partial charge is 0.484 e. The first-order valence-corrected chi connectivity index (χ1v) is 10.4. The number of nitrogens with one attached hydrogen (secondary N) is 1. The van der Waals surface area contributed by atoms with E-state index in [-0.39, 0.29) is 18.4 Å². The molecule has 1 saturated heterocycles. The van der Waals surface area contributed by atoms with Gasteiger partial charge in [0.15, 0.2) is 6.61 Å². The number of hydrogen-bond donors (Lipinski definition) is 1. The molecule has 5 nitrogen and oxygen atoms in total. The van der Waals surface area contributed by atoms with E-state index in [0.29, 0.717) is 41.9 Å². The van der Waals surface area contributed by atoms with E-state index >= 15 is 0 Å². The third-order valence-corrected chi connectivity index (χ3v) is 5.62. The van der Waals surface area contributed by atoms with Gasteiger partial charge in [-0.25, -0.2) is 0 Å². The van der Waals surface area contributed by atoms with Gasteiger partial charge in [-0.1, -0.05) is 45.7 Å². The third-order valence-electron chi connectivity index (χ3n) is 4.80. The zero-order chi connectivity index (χ0) is 19.9. The fraction of sp³-hybridized carbons (Fsp3) is 0.333. The number of nitrogens with zero attached hydrogens (tertiary/aromatic N) is 1. The van der Waals surface area contributed by atoms with Gasteiger partial charge in [0, 0.05) is 24.1 Å². The summed E-state index contributed by atoms with van der Waals surface area (Å²) >= 11 is 9.46. The average Bonchev–Trinajstić information content (AvgIpc) is 2.73. The predicted molar refractivity (Wildman–Crippen MR) is 113 cm³/mol. The van der Waals surface area contributed by atoms with E-state index in [1.165, 1.54) is 0 Å². The second kappa shape index (κ2) is 9.94. The van der Waals surface area contributed by atoms with E-state index in [4.69, 9.17) is 16.3 Å². The third kappa shape index (κ3) is 5.72. The second-order valence-electron chi connectivity index (χ2n) is 6.76. The summed E-state index contributed by atoms with van der Waals surface area (Å²) < 4.78 is 6.34. The molecule has 1 fully saturated rings. The molecule has 0 saturated carbocycles. The topological polar surface area (TPSA) is 58.6 Å². The minimum atomic E-state index is -0.180. The maximum Gasteiger partial charge on any atom is 0.260 e. The molecule has 7 heteroatoms. The number of likely N-dealkylation sites (tertiary alicyclic amines) is 1. The van der Waals surface area contributed by atoms with Crippen LogP contribution in [0.5, 0.6) is 5.75 Å². The molecule has 1 aliphatic rings. The molecule has 28 heavy (non-hydrogen) atoms. The van der Waals surface area contributed by atoms with Crippen LogP contribution in [-0.4, -0.2) is 43.0 Å². The first-order valence-electron chi connectivity index (χ1n) is 9.22. The van der Waals surface area contributed by atoms with Gasteiger partial charge < -0.3 is 15.0 Å². The van der Waals surface area contributed by atoms with E-state index in [1.807, 2.05) is 35.2 Å². The van der Waals surface area contributed by atoms with Crippen LogP contribution in [0.2, 0.25) is 5.02 Å². The molecule has 0 aromatic heterocycles. The highest BCUT2D eigenvalue weighted by Gasteiger charge is 2.23. The molecule has 1 N–H and O–H groups in total. The van der Waals surface area contributed by atoms with Crippen LogP contribution in [0.4, 0.5) is 0 Å². The molecule has 0 spiro atoms. The Morgan fingerprint density at radius 1 is 1.14 bits per heavy atom. The van der Waals surface area contributed by atoms with Crippen molar-refractivity contribution < 1.29 is 14.3 Å². The maximum atomic E-state index is 12.4. The molecule has 0 aliphatic carbocycles. The van der Waals surface area contributed by atoms with Crippen molar-refractivity contribution in [3.63, 3.8) is 0 Å². The Morgan fingerprint density at radius 2 is 1.86 bits per heavy atom. The van der Waals surface area contributed by atoms with Gasteiger partial charge in [0.05, 0.1) is 10.6 Å². The van der Waals surface area contributed by atoms with Crippen molar-refractivity contribution in [1.29, 1.82) is 0 Å². The lowest BCUT2D eigenvalue weighted by Gasteiger charge is -2.32. The van der Waals surface area contributed by atoms with Crippen molar-refractivity contribution in [3.8, 4) is 5.75 Å². The number of piperidine rings is 1. The summed E-state index contributed by atoms with van der Waals surface area (Å²) in [5.41, 5.74) is 0.460. The summed E-state index contributed by atoms with van der Waals surface area (Å²) in [4.78, 5) is 26.5. The lowest BCUT2D eigenvalue weighted by molar-refractivity contribution is -0.134. The van der Waals surface area contributed by atoms with E-state index < -0.39 is 0 Å². The Morgan fingerprint density at radius 3 is 2.57 bits per heavy atom. The molecule has 1 aliphatic heterocycles. The van der Waals surface area contributed by atoms with Crippen molar-refractivity contribution in [1.82, 2.24) is 10.2 Å². The zero-order valence-electron chi connectivity index (χ0n) is 15.4. The van der Waals surface area contributed by atoms with E-state index in [1.54, 1.807) is 18.2 Å². The molecule has 0 bridgehead atoms. The summed E-state index contributed by atoms with van der Waals surface area (Å²) in [7, 11) is 0. The van der Waals surface area contributed by atoms with Crippen molar-refractivity contribution in [2.45, 2.75) is 12.8 Å². The summed E-state index contributed by atoms with van der Waals surface area (Å²) in [6, 6.07) is 14.5. The first-order chi connectivity index (χ1) is 13.5. The van der Waals surface area contributed by atoms with Gasteiger partial charge in [-0.05, 0) is 49.1 Å². The molecule has 1 heterocycles. The highest BCUT2D eigenvalue weighted by atomic mass is 79.9. The van der Waals surface area contributed by atoms with Crippen LogP contribution in [0.25, 0.3) is 0 Å². The number of carbonyl (C=O) groups is 2. The molecule has 0 unspecified atom stereocenters. The predicted octanol–water partition coefficient (Wildman–Crippen LogP) is 4.15. The van der Waals surface area contributed by atoms with Crippen LogP contribution in [0.1, 0.15) is 23.2 Å². The Balaban J connectivity index is 1.41. The summed E-state index contributed by atoms with van der Waals surface area (Å²) in [5, 5.41) is 3.39. The molecular weight excluding hydrogens is 444 g/mol. The standard InChI is InChI=1S/C21H22BrClN2O3/c22-16-6-7-19(23)18(12-16)21(27)24-13-15-8-10-25(11-9-15)20(26)14-28-17-4-2-1-3-5-17/h1-7,12,15H,8-11,13-14H2,(H,24,27). The molecule has 148 valence electrons. The van der Waals surface area contributed by atoms with E-state index in [9.17, 15) is 9.59 Å². The highest BCUT2D eigenvalue weighted by molar-refractivity contribution is 9.10. The number of carbonyl (C=O) groups excluding carboxylic acids is 2. The van der Waals surface area contributed by atoms with Gasteiger partial charge in [-0.3, -0.25) is 9.59 Å². The Kier molecular flexibility index (Phi) is 7.34. The number of rotatable bonds is 6. The number of benzene rings is 2. The molecule has 0 atom stereocenters.